The highest BCUT2D eigenvalue weighted by Crippen LogP contribution is 2.11. The summed E-state index contributed by atoms with van der Waals surface area (Å²) < 4.78 is 0. The van der Waals surface area contributed by atoms with E-state index in [1.807, 2.05) is 56.3 Å². The highest BCUT2D eigenvalue weighted by atomic mass is 16.4. The molecule has 84 valence electrons. The fourth-order valence-corrected chi connectivity index (χ4v) is 1.38. The lowest BCUT2D eigenvalue weighted by molar-refractivity contribution is -0.132. The highest BCUT2D eigenvalue weighted by molar-refractivity contribution is 5.87. The van der Waals surface area contributed by atoms with Crippen LogP contribution in [0.3, 0.4) is 0 Å². The summed E-state index contributed by atoms with van der Waals surface area (Å²) in [4.78, 5) is 10.9. The van der Waals surface area contributed by atoms with E-state index in [0.29, 0.717) is 12.0 Å². The van der Waals surface area contributed by atoms with Crippen LogP contribution in [0.25, 0.3) is 6.08 Å². The molecule has 0 amide bonds. The van der Waals surface area contributed by atoms with Gasteiger partial charge in [0.05, 0.1) is 0 Å². The molecule has 1 rings (SSSR count). The lowest BCUT2D eigenvalue weighted by atomic mass is 10.1. The first-order chi connectivity index (χ1) is 7.61. The number of hydrogen-bond donors (Lipinski definition) is 1. The fraction of sp³-hybridized carbons (Fsp3) is 0.214. The van der Waals surface area contributed by atoms with Crippen molar-refractivity contribution in [3.63, 3.8) is 0 Å². The Bertz CT molecular complexity index is 410. The molecule has 0 spiro atoms. The largest absolute Gasteiger partial charge is 0.478 e. The minimum absolute atomic E-state index is 0.465. The first kappa shape index (κ1) is 12.2. The molecular weight excluding hydrogens is 200 g/mol. The molecule has 0 atom stereocenters. The van der Waals surface area contributed by atoms with Crippen molar-refractivity contribution in [2.75, 3.05) is 0 Å². The van der Waals surface area contributed by atoms with E-state index >= 15 is 0 Å². The maximum atomic E-state index is 10.9. The van der Waals surface area contributed by atoms with E-state index in [2.05, 4.69) is 0 Å². The molecule has 0 aromatic heterocycles. The van der Waals surface area contributed by atoms with Gasteiger partial charge in [-0.05, 0) is 25.8 Å². The van der Waals surface area contributed by atoms with Crippen LogP contribution in [0, 0.1) is 0 Å². The number of carboxylic acids is 1. The van der Waals surface area contributed by atoms with Crippen LogP contribution in [0.1, 0.15) is 25.8 Å². The Morgan fingerprint density at radius 1 is 1.25 bits per heavy atom. The van der Waals surface area contributed by atoms with Crippen LogP contribution >= 0.6 is 0 Å². The third kappa shape index (κ3) is 3.73. The molecule has 0 aliphatic heterocycles. The second-order valence-electron chi connectivity index (χ2n) is 3.80. The summed E-state index contributed by atoms with van der Waals surface area (Å²) in [6.07, 6.45) is 4.28. The van der Waals surface area contributed by atoms with E-state index in [0.717, 1.165) is 11.1 Å². The van der Waals surface area contributed by atoms with Crippen molar-refractivity contribution in [1.82, 2.24) is 0 Å². The van der Waals surface area contributed by atoms with Crippen molar-refractivity contribution in [1.29, 1.82) is 0 Å². The molecule has 0 radical (unpaired) electrons. The van der Waals surface area contributed by atoms with E-state index in [1.54, 1.807) is 0 Å². The van der Waals surface area contributed by atoms with Gasteiger partial charge in [-0.1, -0.05) is 48.1 Å². The molecule has 0 aliphatic rings. The standard InChI is InChI=1S/C14H16O2/c1-11(2)13(14(15)16)10-6-9-12-7-4-3-5-8-12/h3-9H,10H2,1-2H3,(H,15,16)/b9-6+. The molecule has 1 aromatic rings. The normalized spacial score (nSPS) is 10.4. The SMILES string of the molecule is CC(C)=C(C/C=C/c1ccccc1)C(=O)O. The summed E-state index contributed by atoms with van der Waals surface area (Å²) in [5.41, 5.74) is 2.40. The molecule has 0 saturated carbocycles. The Kier molecular flexibility index (Phi) is 4.52. The minimum Gasteiger partial charge on any atom is -0.478 e. The van der Waals surface area contributed by atoms with Crippen molar-refractivity contribution < 1.29 is 9.90 Å². The van der Waals surface area contributed by atoms with Crippen molar-refractivity contribution >= 4 is 12.0 Å². The third-order valence-corrected chi connectivity index (χ3v) is 2.29. The fourth-order valence-electron chi connectivity index (χ4n) is 1.38. The van der Waals surface area contributed by atoms with E-state index in [9.17, 15) is 4.79 Å². The number of aliphatic carboxylic acids is 1. The summed E-state index contributed by atoms with van der Waals surface area (Å²) in [5, 5.41) is 8.95. The van der Waals surface area contributed by atoms with E-state index < -0.39 is 5.97 Å². The second-order valence-corrected chi connectivity index (χ2v) is 3.80. The smallest absolute Gasteiger partial charge is 0.331 e. The molecule has 1 N–H and O–H groups in total. The van der Waals surface area contributed by atoms with E-state index in [1.165, 1.54) is 0 Å². The molecule has 0 unspecified atom stereocenters. The first-order valence-corrected chi connectivity index (χ1v) is 5.22. The Morgan fingerprint density at radius 2 is 1.88 bits per heavy atom. The number of rotatable bonds is 4. The van der Waals surface area contributed by atoms with Crippen LogP contribution in [0.2, 0.25) is 0 Å². The van der Waals surface area contributed by atoms with Crippen LogP contribution in [0.5, 0.6) is 0 Å². The number of carbonyl (C=O) groups is 1. The summed E-state index contributed by atoms with van der Waals surface area (Å²) >= 11 is 0. The van der Waals surface area contributed by atoms with Gasteiger partial charge in [-0.3, -0.25) is 0 Å². The molecule has 1 aromatic carbocycles. The summed E-state index contributed by atoms with van der Waals surface area (Å²) in [6.45, 7) is 3.64. The van der Waals surface area contributed by atoms with Gasteiger partial charge in [0.1, 0.15) is 0 Å². The zero-order chi connectivity index (χ0) is 12.0. The molecule has 0 fully saturated rings. The Balaban J connectivity index is 2.68. The molecule has 0 aliphatic carbocycles. The number of allylic oxidation sites excluding steroid dienone is 2. The van der Waals surface area contributed by atoms with Crippen LogP contribution in [0.4, 0.5) is 0 Å². The molecule has 0 bridgehead atoms. The molecule has 0 saturated heterocycles. The van der Waals surface area contributed by atoms with Crippen molar-refractivity contribution in [3.8, 4) is 0 Å². The summed E-state index contributed by atoms with van der Waals surface area (Å²) in [5.74, 6) is -0.835. The average Bonchev–Trinajstić information content (AvgIpc) is 2.24. The van der Waals surface area contributed by atoms with Gasteiger partial charge < -0.3 is 5.11 Å². The zero-order valence-corrected chi connectivity index (χ0v) is 9.60. The average molecular weight is 216 g/mol. The number of benzene rings is 1. The molecule has 0 heterocycles. The monoisotopic (exact) mass is 216 g/mol. The molecular formula is C14H16O2. The third-order valence-electron chi connectivity index (χ3n) is 2.29. The molecule has 16 heavy (non-hydrogen) atoms. The van der Waals surface area contributed by atoms with Crippen LogP contribution < -0.4 is 0 Å². The number of hydrogen-bond acceptors (Lipinski definition) is 1. The van der Waals surface area contributed by atoms with Gasteiger partial charge in [0.25, 0.3) is 0 Å². The maximum Gasteiger partial charge on any atom is 0.331 e. The van der Waals surface area contributed by atoms with Gasteiger partial charge in [-0.15, -0.1) is 0 Å². The summed E-state index contributed by atoms with van der Waals surface area (Å²) in [7, 11) is 0. The predicted octanol–water partition coefficient (Wildman–Crippen LogP) is 3.51. The quantitative estimate of drug-likeness (QED) is 0.782. The Hall–Kier alpha value is -1.83. The van der Waals surface area contributed by atoms with Crippen LogP contribution in [-0.2, 0) is 4.79 Å². The number of carboxylic acid groups (broad SMARTS) is 1. The highest BCUT2D eigenvalue weighted by Gasteiger charge is 2.06. The van der Waals surface area contributed by atoms with Crippen molar-refractivity contribution in [2.45, 2.75) is 20.3 Å². The van der Waals surface area contributed by atoms with Gasteiger partial charge in [0, 0.05) is 5.57 Å². The molecule has 2 nitrogen and oxygen atoms in total. The van der Waals surface area contributed by atoms with Crippen molar-refractivity contribution in [3.05, 3.63) is 53.1 Å². The molecule has 2 heteroatoms. The van der Waals surface area contributed by atoms with E-state index in [4.69, 9.17) is 5.11 Å². The summed E-state index contributed by atoms with van der Waals surface area (Å²) in [6, 6.07) is 9.84. The first-order valence-electron chi connectivity index (χ1n) is 5.22. The van der Waals surface area contributed by atoms with Crippen LogP contribution in [0.15, 0.2) is 47.6 Å². The van der Waals surface area contributed by atoms with Crippen LogP contribution in [-0.4, -0.2) is 11.1 Å². The van der Waals surface area contributed by atoms with Gasteiger partial charge in [0.15, 0.2) is 0 Å². The maximum absolute atomic E-state index is 10.9. The van der Waals surface area contributed by atoms with Gasteiger partial charge in [0.2, 0.25) is 0 Å². The topological polar surface area (TPSA) is 37.3 Å². The predicted molar refractivity (Wildman–Crippen MR) is 66.1 cm³/mol. The van der Waals surface area contributed by atoms with Crippen molar-refractivity contribution in [2.24, 2.45) is 0 Å². The lowest BCUT2D eigenvalue weighted by Crippen LogP contribution is -2.01. The van der Waals surface area contributed by atoms with Gasteiger partial charge in [-0.25, -0.2) is 4.79 Å². The minimum atomic E-state index is -0.835. The lowest BCUT2D eigenvalue weighted by Gasteiger charge is -2.00. The van der Waals surface area contributed by atoms with Gasteiger partial charge in [-0.2, -0.15) is 0 Å². The van der Waals surface area contributed by atoms with Gasteiger partial charge >= 0.3 is 5.97 Å². The zero-order valence-electron chi connectivity index (χ0n) is 9.60. The Morgan fingerprint density at radius 3 is 2.38 bits per heavy atom. The second kappa shape index (κ2) is 5.91. The Labute approximate surface area is 95.9 Å². The van der Waals surface area contributed by atoms with E-state index in [-0.39, 0.29) is 0 Å².